The average Bonchev–Trinajstić information content (AvgIpc) is 2.96. The lowest BCUT2D eigenvalue weighted by Gasteiger charge is -2.24. The van der Waals surface area contributed by atoms with E-state index in [0.29, 0.717) is 13.1 Å². The molecular weight excluding hydrogens is 277 g/mol. The molecular formula is C14H18FN3O3. The summed E-state index contributed by atoms with van der Waals surface area (Å²) in [6.07, 6.45) is 2.02. The van der Waals surface area contributed by atoms with Crippen LogP contribution in [0.1, 0.15) is 30.1 Å². The Bertz CT molecular complexity index is 544. The van der Waals surface area contributed by atoms with E-state index in [4.69, 9.17) is 0 Å². The smallest absolute Gasteiger partial charge is 0.282 e. The molecule has 1 aromatic rings. The van der Waals surface area contributed by atoms with Gasteiger partial charge >= 0.3 is 0 Å². The highest BCUT2D eigenvalue weighted by Gasteiger charge is 2.27. The topological polar surface area (TPSA) is 75.5 Å². The van der Waals surface area contributed by atoms with E-state index in [1.807, 2.05) is 0 Å². The van der Waals surface area contributed by atoms with Gasteiger partial charge in [0.25, 0.3) is 11.6 Å². The minimum atomic E-state index is -0.658. The molecule has 1 atom stereocenters. The van der Waals surface area contributed by atoms with Crippen molar-refractivity contribution in [2.45, 2.75) is 25.8 Å². The molecule has 0 spiro atoms. The Balaban J connectivity index is 2.23. The van der Waals surface area contributed by atoms with Crippen molar-refractivity contribution in [2.75, 3.05) is 19.6 Å². The van der Waals surface area contributed by atoms with Gasteiger partial charge in [-0.3, -0.25) is 14.9 Å². The van der Waals surface area contributed by atoms with Crippen molar-refractivity contribution in [3.8, 4) is 0 Å². The van der Waals surface area contributed by atoms with Crippen molar-refractivity contribution in [1.29, 1.82) is 0 Å². The van der Waals surface area contributed by atoms with Gasteiger partial charge in [-0.1, -0.05) is 0 Å². The third kappa shape index (κ3) is 3.55. The molecule has 0 saturated carbocycles. The van der Waals surface area contributed by atoms with Crippen LogP contribution in [0.5, 0.6) is 0 Å². The molecule has 0 aliphatic carbocycles. The molecule has 0 aromatic heterocycles. The first kappa shape index (κ1) is 15.4. The van der Waals surface area contributed by atoms with E-state index in [0.717, 1.165) is 37.6 Å². The van der Waals surface area contributed by atoms with Gasteiger partial charge in [0, 0.05) is 25.2 Å². The molecule has 7 heteroatoms. The van der Waals surface area contributed by atoms with Crippen LogP contribution in [0.25, 0.3) is 0 Å². The van der Waals surface area contributed by atoms with Crippen LogP contribution >= 0.6 is 0 Å². The standard InChI is InChI=1S/C14H18FN3O3/c1-2-17(9-11-4-3-7-16-11)14(19)12-8-10(15)5-6-13(12)18(20)21/h5-6,8,11,16H,2-4,7,9H2,1H3. The summed E-state index contributed by atoms with van der Waals surface area (Å²) in [4.78, 5) is 24.3. The highest BCUT2D eigenvalue weighted by molar-refractivity contribution is 5.98. The molecule has 2 rings (SSSR count). The largest absolute Gasteiger partial charge is 0.337 e. The Labute approximate surface area is 122 Å². The molecule has 1 N–H and O–H groups in total. The van der Waals surface area contributed by atoms with E-state index < -0.39 is 16.6 Å². The fourth-order valence-corrected chi connectivity index (χ4v) is 2.54. The van der Waals surface area contributed by atoms with Gasteiger partial charge in [-0.25, -0.2) is 4.39 Å². The number of nitrogens with one attached hydrogen (secondary N) is 1. The van der Waals surface area contributed by atoms with Crippen LogP contribution in [0.4, 0.5) is 10.1 Å². The van der Waals surface area contributed by atoms with Crippen molar-refractivity contribution < 1.29 is 14.1 Å². The van der Waals surface area contributed by atoms with Gasteiger partial charge in [-0.2, -0.15) is 0 Å². The lowest BCUT2D eigenvalue weighted by molar-refractivity contribution is -0.385. The van der Waals surface area contributed by atoms with Crippen molar-refractivity contribution in [2.24, 2.45) is 0 Å². The van der Waals surface area contributed by atoms with Crippen LogP contribution in [-0.2, 0) is 0 Å². The maximum atomic E-state index is 13.3. The summed E-state index contributed by atoms with van der Waals surface area (Å²) < 4.78 is 13.3. The molecule has 1 unspecified atom stereocenters. The lowest BCUT2D eigenvalue weighted by atomic mass is 10.1. The number of hydrogen-bond acceptors (Lipinski definition) is 4. The van der Waals surface area contributed by atoms with E-state index >= 15 is 0 Å². The summed E-state index contributed by atoms with van der Waals surface area (Å²) in [7, 11) is 0. The minimum absolute atomic E-state index is 0.195. The second-order valence-electron chi connectivity index (χ2n) is 5.06. The zero-order valence-corrected chi connectivity index (χ0v) is 11.8. The number of rotatable bonds is 5. The van der Waals surface area contributed by atoms with Crippen LogP contribution < -0.4 is 5.32 Å². The van der Waals surface area contributed by atoms with Crippen LogP contribution in [0, 0.1) is 15.9 Å². The van der Waals surface area contributed by atoms with E-state index in [1.165, 1.54) is 4.90 Å². The first-order valence-electron chi connectivity index (χ1n) is 6.99. The Morgan fingerprint density at radius 3 is 2.90 bits per heavy atom. The van der Waals surface area contributed by atoms with E-state index in [2.05, 4.69) is 5.32 Å². The average molecular weight is 295 g/mol. The Kier molecular flexibility index (Phi) is 4.85. The number of nitro benzene ring substituents is 1. The number of hydrogen-bond donors (Lipinski definition) is 1. The molecule has 1 heterocycles. The molecule has 114 valence electrons. The number of carbonyl (C=O) groups is 1. The third-order valence-corrected chi connectivity index (χ3v) is 3.66. The summed E-state index contributed by atoms with van der Waals surface area (Å²) in [5.41, 5.74) is -0.556. The van der Waals surface area contributed by atoms with Gasteiger partial charge in [0.1, 0.15) is 11.4 Å². The van der Waals surface area contributed by atoms with Gasteiger partial charge in [0.15, 0.2) is 0 Å². The number of halogens is 1. The predicted molar refractivity (Wildman–Crippen MR) is 75.7 cm³/mol. The summed E-state index contributed by atoms with van der Waals surface area (Å²) in [5, 5.41) is 14.3. The first-order valence-corrected chi connectivity index (χ1v) is 6.99. The third-order valence-electron chi connectivity index (χ3n) is 3.66. The van der Waals surface area contributed by atoms with Crippen LogP contribution in [-0.4, -0.2) is 41.4 Å². The van der Waals surface area contributed by atoms with Crippen molar-refractivity contribution in [3.63, 3.8) is 0 Å². The quantitative estimate of drug-likeness (QED) is 0.665. The normalized spacial score (nSPS) is 17.7. The zero-order chi connectivity index (χ0) is 15.4. The van der Waals surface area contributed by atoms with Crippen LogP contribution in [0.3, 0.4) is 0 Å². The van der Waals surface area contributed by atoms with Gasteiger partial charge < -0.3 is 10.2 Å². The molecule has 1 aliphatic rings. The molecule has 1 fully saturated rings. The van der Waals surface area contributed by atoms with Crippen molar-refractivity contribution >= 4 is 11.6 Å². The van der Waals surface area contributed by atoms with Gasteiger partial charge in [-0.05, 0) is 38.4 Å². The Morgan fingerprint density at radius 1 is 1.57 bits per heavy atom. The highest BCUT2D eigenvalue weighted by Crippen LogP contribution is 2.22. The van der Waals surface area contributed by atoms with E-state index in [9.17, 15) is 19.3 Å². The maximum absolute atomic E-state index is 13.3. The Hall–Kier alpha value is -2.02. The Morgan fingerprint density at radius 2 is 2.33 bits per heavy atom. The molecule has 0 bridgehead atoms. The highest BCUT2D eigenvalue weighted by atomic mass is 19.1. The monoisotopic (exact) mass is 295 g/mol. The summed E-state index contributed by atoms with van der Waals surface area (Å²) in [5.74, 6) is -1.16. The molecule has 1 aliphatic heterocycles. The van der Waals surface area contributed by atoms with Crippen LogP contribution in [0.2, 0.25) is 0 Å². The molecule has 6 nitrogen and oxygen atoms in total. The molecule has 1 amide bonds. The molecule has 0 radical (unpaired) electrons. The number of amides is 1. The first-order chi connectivity index (χ1) is 10.0. The predicted octanol–water partition coefficient (Wildman–Crippen LogP) is 1.95. The number of benzene rings is 1. The second kappa shape index (κ2) is 6.62. The zero-order valence-electron chi connectivity index (χ0n) is 11.8. The van der Waals surface area contributed by atoms with E-state index in [-0.39, 0.29) is 17.3 Å². The van der Waals surface area contributed by atoms with Crippen molar-refractivity contribution in [1.82, 2.24) is 10.2 Å². The SMILES string of the molecule is CCN(CC1CCCN1)C(=O)c1cc(F)ccc1[N+](=O)[O-]. The summed E-state index contributed by atoms with van der Waals surface area (Å²) in [6, 6.07) is 3.15. The maximum Gasteiger partial charge on any atom is 0.282 e. The number of nitrogens with zero attached hydrogens (tertiary/aromatic N) is 2. The number of carbonyl (C=O) groups excluding carboxylic acids is 1. The number of likely N-dealkylation sites (N-methyl/N-ethyl adjacent to an activating group) is 1. The molecule has 21 heavy (non-hydrogen) atoms. The fraction of sp³-hybridized carbons (Fsp3) is 0.500. The minimum Gasteiger partial charge on any atom is -0.337 e. The number of nitro groups is 1. The van der Waals surface area contributed by atoms with Crippen LogP contribution in [0.15, 0.2) is 18.2 Å². The second-order valence-corrected chi connectivity index (χ2v) is 5.06. The van der Waals surface area contributed by atoms with Gasteiger partial charge in [0.2, 0.25) is 0 Å². The summed E-state index contributed by atoms with van der Waals surface area (Å²) >= 11 is 0. The van der Waals surface area contributed by atoms with Crippen molar-refractivity contribution in [3.05, 3.63) is 39.7 Å². The molecule has 1 aromatic carbocycles. The van der Waals surface area contributed by atoms with Gasteiger partial charge in [0.05, 0.1) is 4.92 Å². The van der Waals surface area contributed by atoms with Gasteiger partial charge in [-0.15, -0.1) is 0 Å². The fourth-order valence-electron chi connectivity index (χ4n) is 2.54. The molecule has 1 saturated heterocycles. The summed E-state index contributed by atoms with van der Waals surface area (Å²) in [6.45, 7) is 3.61. The van der Waals surface area contributed by atoms with E-state index in [1.54, 1.807) is 6.92 Å². The lowest BCUT2D eigenvalue weighted by Crippen LogP contribution is -2.41.